The SMILES string of the molecule is CCOC(=O)C1CCCN(CC(=O)Nc2c(Cl)cc(Cl)cc2Cl)C1. The molecule has 1 unspecified atom stereocenters. The molecule has 0 saturated carbocycles. The summed E-state index contributed by atoms with van der Waals surface area (Å²) < 4.78 is 5.06. The number of ether oxygens (including phenoxy) is 1. The Hall–Kier alpha value is -1.01. The van der Waals surface area contributed by atoms with Crippen LogP contribution in [-0.4, -0.2) is 43.0 Å². The van der Waals surface area contributed by atoms with E-state index in [2.05, 4.69) is 5.32 Å². The van der Waals surface area contributed by atoms with Gasteiger partial charge in [-0.1, -0.05) is 34.8 Å². The van der Waals surface area contributed by atoms with Gasteiger partial charge in [-0.2, -0.15) is 0 Å². The number of benzene rings is 1. The number of hydrogen-bond donors (Lipinski definition) is 1. The Labute approximate surface area is 156 Å². The fourth-order valence-corrected chi connectivity index (χ4v) is 3.61. The third-order valence-corrected chi connectivity index (χ3v) is 4.58. The highest BCUT2D eigenvalue weighted by molar-refractivity contribution is 6.42. The Bertz CT molecular complexity index is 602. The van der Waals surface area contributed by atoms with Crippen molar-refractivity contribution in [2.45, 2.75) is 19.8 Å². The van der Waals surface area contributed by atoms with Crippen molar-refractivity contribution in [1.29, 1.82) is 0 Å². The van der Waals surface area contributed by atoms with Crippen molar-refractivity contribution in [2.75, 3.05) is 31.6 Å². The average molecular weight is 394 g/mol. The first kappa shape index (κ1) is 19.3. The number of hydrogen-bond acceptors (Lipinski definition) is 4. The number of nitrogens with one attached hydrogen (secondary N) is 1. The number of carbonyl (C=O) groups is 2. The van der Waals surface area contributed by atoms with Gasteiger partial charge in [0, 0.05) is 11.6 Å². The highest BCUT2D eigenvalue weighted by Crippen LogP contribution is 2.33. The van der Waals surface area contributed by atoms with E-state index in [1.807, 2.05) is 4.90 Å². The summed E-state index contributed by atoms with van der Waals surface area (Å²) in [5.41, 5.74) is 0.340. The highest BCUT2D eigenvalue weighted by Gasteiger charge is 2.28. The van der Waals surface area contributed by atoms with Crippen LogP contribution in [0.15, 0.2) is 12.1 Å². The van der Waals surface area contributed by atoms with Crippen LogP contribution in [0.5, 0.6) is 0 Å². The van der Waals surface area contributed by atoms with E-state index in [1.54, 1.807) is 6.92 Å². The molecule has 1 heterocycles. The number of amides is 1. The molecule has 1 aromatic rings. The van der Waals surface area contributed by atoms with E-state index in [9.17, 15) is 9.59 Å². The second-order valence-corrected chi connectivity index (χ2v) is 6.87. The van der Waals surface area contributed by atoms with Crippen molar-refractivity contribution in [2.24, 2.45) is 5.92 Å². The van der Waals surface area contributed by atoms with E-state index < -0.39 is 0 Å². The zero-order valence-corrected chi connectivity index (χ0v) is 15.5. The van der Waals surface area contributed by atoms with Gasteiger partial charge in [-0.05, 0) is 38.4 Å². The first-order valence-corrected chi connectivity index (χ1v) is 8.87. The summed E-state index contributed by atoms with van der Waals surface area (Å²) in [7, 11) is 0. The van der Waals surface area contributed by atoms with Gasteiger partial charge in [0.15, 0.2) is 0 Å². The molecule has 0 aromatic heterocycles. The fraction of sp³-hybridized carbons (Fsp3) is 0.500. The van der Waals surface area contributed by atoms with Crippen LogP contribution in [0.2, 0.25) is 15.1 Å². The molecule has 1 aliphatic heterocycles. The van der Waals surface area contributed by atoms with Crippen LogP contribution in [0.3, 0.4) is 0 Å². The van der Waals surface area contributed by atoms with Crippen LogP contribution < -0.4 is 5.32 Å². The molecule has 5 nitrogen and oxygen atoms in total. The molecule has 8 heteroatoms. The lowest BCUT2D eigenvalue weighted by molar-refractivity contribution is -0.150. The van der Waals surface area contributed by atoms with Crippen molar-refractivity contribution < 1.29 is 14.3 Å². The maximum atomic E-state index is 12.3. The lowest BCUT2D eigenvalue weighted by atomic mass is 9.98. The maximum absolute atomic E-state index is 12.3. The van der Waals surface area contributed by atoms with Gasteiger partial charge in [0.25, 0.3) is 0 Å². The fourth-order valence-electron chi connectivity index (χ4n) is 2.70. The van der Waals surface area contributed by atoms with Crippen LogP contribution in [0.25, 0.3) is 0 Å². The Balaban J connectivity index is 1.94. The Morgan fingerprint density at radius 1 is 1.29 bits per heavy atom. The summed E-state index contributed by atoms with van der Waals surface area (Å²) in [6, 6.07) is 3.03. The van der Waals surface area contributed by atoms with Crippen molar-refractivity contribution >= 4 is 52.4 Å². The zero-order valence-electron chi connectivity index (χ0n) is 13.3. The predicted octanol–water partition coefficient (Wildman–Crippen LogP) is 3.86. The molecule has 0 aliphatic carbocycles. The van der Waals surface area contributed by atoms with E-state index in [0.29, 0.717) is 23.9 Å². The third kappa shape index (κ3) is 5.24. The highest BCUT2D eigenvalue weighted by atomic mass is 35.5. The van der Waals surface area contributed by atoms with Gasteiger partial charge >= 0.3 is 5.97 Å². The number of nitrogens with zero attached hydrogens (tertiary/aromatic N) is 1. The molecule has 1 aliphatic rings. The van der Waals surface area contributed by atoms with Gasteiger partial charge < -0.3 is 10.1 Å². The Morgan fingerprint density at radius 3 is 2.58 bits per heavy atom. The second kappa shape index (κ2) is 8.90. The molecule has 24 heavy (non-hydrogen) atoms. The van der Waals surface area contributed by atoms with Crippen LogP contribution in [-0.2, 0) is 14.3 Å². The number of esters is 1. The Morgan fingerprint density at radius 2 is 1.96 bits per heavy atom. The number of anilines is 1. The zero-order chi connectivity index (χ0) is 17.7. The Kier molecular flexibility index (Phi) is 7.16. The van der Waals surface area contributed by atoms with Gasteiger partial charge in [-0.15, -0.1) is 0 Å². The van der Waals surface area contributed by atoms with Gasteiger partial charge in [-0.3, -0.25) is 14.5 Å². The van der Waals surface area contributed by atoms with E-state index in [-0.39, 0.29) is 34.4 Å². The largest absolute Gasteiger partial charge is 0.466 e. The average Bonchev–Trinajstić information content (AvgIpc) is 2.51. The number of piperidine rings is 1. The van der Waals surface area contributed by atoms with E-state index in [0.717, 1.165) is 19.4 Å². The van der Waals surface area contributed by atoms with Gasteiger partial charge in [0.05, 0.1) is 34.8 Å². The molecular weight excluding hydrogens is 375 g/mol. The summed E-state index contributed by atoms with van der Waals surface area (Å²) in [4.78, 5) is 26.0. The number of carbonyl (C=O) groups excluding carboxylic acids is 2. The van der Waals surface area contributed by atoms with Crippen molar-refractivity contribution in [3.05, 3.63) is 27.2 Å². The monoisotopic (exact) mass is 392 g/mol. The van der Waals surface area contributed by atoms with E-state index >= 15 is 0 Å². The topological polar surface area (TPSA) is 58.6 Å². The second-order valence-electron chi connectivity index (χ2n) is 5.62. The molecular formula is C16H19Cl3N2O3. The molecule has 0 bridgehead atoms. The molecule has 1 N–H and O–H groups in total. The quantitative estimate of drug-likeness (QED) is 0.772. The molecule has 1 fully saturated rings. The van der Waals surface area contributed by atoms with E-state index in [1.165, 1.54) is 12.1 Å². The summed E-state index contributed by atoms with van der Waals surface area (Å²) in [5.74, 6) is -0.633. The summed E-state index contributed by atoms with van der Waals surface area (Å²) in [6.07, 6.45) is 1.63. The minimum atomic E-state index is -0.245. The van der Waals surface area contributed by atoms with Gasteiger partial charge in [0.1, 0.15) is 0 Å². The molecule has 0 radical (unpaired) electrons. The molecule has 1 saturated heterocycles. The normalized spacial score (nSPS) is 18.2. The van der Waals surface area contributed by atoms with Crippen molar-refractivity contribution in [3.63, 3.8) is 0 Å². The first-order valence-electron chi connectivity index (χ1n) is 7.74. The van der Waals surface area contributed by atoms with Crippen LogP contribution >= 0.6 is 34.8 Å². The third-order valence-electron chi connectivity index (χ3n) is 3.76. The minimum absolute atomic E-state index is 0.158. The summed E-state index contributed by atoms with van der Waals surface area (Å²) >= 11 is 18.0. The molecule has 1 atom stereocenters. The van der Waals surface area contributed by atoms with E-state index in [4.69, 9.17) is 39.5 Å². The van der Waals surface area contributed by atoms with Crippen LogP contribution in [0.4, 0.5) is 5.69 Å². The lowest BCUT2D eigenvalue weighted by Gasteiger charge is -2.30. The van der Waals surface area contributed by atoms with Crippen LogP contribution in [0.1, 0.15) is 19.8 Å². The number of halogens is 3. The summed E-state index contributed by atoms with van der Waals surface area (Å²) in [5, 5.41) is 3.67. The predicted molar refractivity (Wildman–Crippen MR) is 95.9 cm³/mol. The van der Waals surface area contributed by atoms with Crippen molar-refractivity contribution in [3.8, 4) is 0 Å². The minimum Gasteiger partial charge on any atom is -0.466 e. The maximum Gasteiger partial charge on any atom is 0.310 e. The standard InChI is InChI=1S/C16H19Cl3N2O3/c1-2-24-16(23)10-4-3-5-21(8-10)9-14(22)20-15-12(18)6-11(17)7-13(15)19/h6-7,10H,2-5,8-9H2,1H3,(H,20,22). The van der Waals surface area contributed by atoms with Crippen LogP contribution in [0, 0.1) is 5.92 Å². The summed E-state index contributed by atoms with van der Waals surface area (Å²) in [6.45, 7) is 3.57. The van der Waals surface area contributed by atoms with Gasteiger partial charge in [-0.25, -0.2) is 0 Å². The molecule has 1 amide bonds. The molecule has 132 valence electrons. The number of likely N-dealkylation sites (tertiary alicyclic amines) is 1. The van der Waals surface area contributed by atoms with Crippen molar-refractivity contribution in [1.82, 2.24) is 4.90 Å². The number of rotatable bonds is 5. The van der Waals surface area contributed by atoms with Gasteiger partial charge in [0.2, 0.25) is 5.91 Å². The lowest BCUT2D eigenvalue weighted by Crippen LogP contribution is -2.43. The first-order chi connectivity index (χ1) is 11.4. The molecule has 0 spiro atoms. The molecule has 2 rings (SSSR count). The smallest absolute Gasteiger partial charge is 0.310 e. The molecule has 1 aromatic carbocycles.